The zero-order valence-corrected chi connectivity index (χ0v) is 12.1. The van der Waals surface area contributed by atoms with Gasteiger partial charge in [-0.15, -0.1) is 0 Å². The van der Waals surface area contributed by atoms with Crippen molar-refractivity contribution in [3.05, 3.63) is 46.1 Å². The van der Waals surface area contributed by atoms with Crippen LogP contribution in [0.2, 0.25) is 10.0 Å². The number of furan rings is 1. The topological polar surface area (TPSA) is 34.4 Å². The molecular weight excluding hydrogens is 285 g/mol. The van der Waals surface area contributed by atoms with Crippen molar-refractivity contribution in [2.75, 3.05) is 20.3 Å². The van der Waals surface area contributed by atoms with E-state index in [-0.39, 0.29) is 0 Å². The van der Waals surface area contributed by atoms with Gasteiger partial charge in [0.2, 0.25) is 0 Å². The molecule has 0 aliphatic heterocycles. The first-order chi connectivity index (χ1) is 9.20. The lowest BCUT2D eigenvalue weighted by atomic mass is 10.2. The summed E-state index contributed by atoms with van der Waals surface area (Å²) in [6.45, 7) is 2.12. The van der Waals surface area contributed by atoms with Gasteiger partial charge in [-0.3, -0.25) is 0 Å². The Balaban J connectivity index is 2.04. The molecule has 0 aliphatic carbocycles. The van der Waals surface area contributed by atoms with Crippen molar-refractivity contribution in [3.8, 4) is 11.3 Å². The molecule has 0 amide bonds. The molecule has 5 heteroatoms. The molecule has 0 fully saturated rings. The van der Waals surface area contributed by atoms with Crippen molar-refractivity contribution in [3.63, 3.8) is 0 Å². The van der Waals surface area contributed by atoms with Crippen molar-refractivity contribution in [2.24, 2.45) is 0 Å². The van der Waals surface area contributed by atoms with Crippen LogP contribution in [0.3, 0.4) is 0 Å². The van der Waals surface area contributed by atoms with Crippen LogP contribution in [0.1, 0.15) is 5.76 Å². The molecule has 0 unspecified atom stereocenters. The molecular formula is C14H15Cl2NO2. The zero-order valence-electron chi connectivity index (χ0n) is 10.6. The first-order valence-corrected chi connectivity index (χ1v) is 6.70. The molecule has 1 heterocycles. The maximum Gasteiger partial charge on any atom is 0.135 e. The number of hydrogen-bond acceptors (Lipinski definition) is 3. The van der Waals surface area contributed by atoms with Crippen molar-refractivity contribution < 1.29 is 9.15 Å². The third-order valence-corrected chi connectivity index (χ3v) is 3.19. The summed E-state index contributed by atoms with van der Waals surface area (Å²) in [5.74, 6) is 1.60. The number of ether oxygens (including phenoxy) is 1. The Morgan fingerprint density at radius 3 is 2.79 bits per heavy atom. The summed E-state index contributed by atoms with van der Waals surface area (Å²) in [6.07, 6.45) is 0. The van der Waals surface area contributed by atoms with E-state index in [1.54, 1.807) is 19.2 Å². The highest BCUT2D eigenvalue weighted by Crippen LogP contribution is 2.31. The smallest absolute Gasteiger partial charge is 0.135 e. The van der Waals surface area contributed by atoms with Gasteiger partial charge in [0.15, 0.2) is 0 Å². The molecule has 0 saturated heterocycles. The molecule has 1 aromatic heterocycles. The van der Waals surface area contributed by atoms with Gasteiger partial charge in [-0.2, -0.15) is 0 Å². The lowest BCUT2D eigenvalue weighted by Crippen LogP contribution is -2.18. The average molecular weight is 300 g/mol. The monoisotopic (exact) mass is 299 g/mol. The van der Waals surface area contributed by atoms with Crippen LogP contribution in [0.15, 0.2) is 34.7 Å². The highest BCUT2D eigenvalue weighted by atomic mass is 35.5. The summed E-state index contributed by atoms with van der Waals surface area (Å²) in [5, 5.41) is 4.42. The molecule has 2 aromatic rings. The summed E-state index contributed by atoms with van der Waals surface area (Å²) in [7, 11) is 1.68. The molecule has 0 saturated carbocycles. The van der Waals surface area contributed by atoms with Crippen LogP contribution in [-0.4, -0.2) is 20.3 Å². The van der Waals surface area contributed by atoms with Gasteiger partial charge in [-0.1, -0.05) is 23.2 Å². The highest BCUT2D eigenvalue weighted by Gasteiger charge is 2.08. The summed E-state index contributed by atoms with van der Waals surface area (Å²) in [6, 6.07) is 9.19. The van der Waals surface area contributed by atoms with Crippen LogP contribution in [0.25, 0.3) is 11.3 Å². The van der Waals surface area contributed by atoms with E-state index in [0.29, 0.717) is 23.2 Å². The second-order valence-electron chi connectivity index (χ2n) is 4.06. The molecule has 3 nitrogen and oxygen atoms in total. The molecule has 19 heavy (non-hydrogen) atoms. The van der Waals surface area contributed by atoms with Gasteiger partial charge in [-0.25, -0.2) is 0 Å². The fourth-order valence-electron chi connectivity index (χ4n) is 1.69. The minimum atomic E-state index is 0.584. The molecule has 0 atom stereocenters. The average Bonchev–Trinajstić information content (AvgIpc) is 2.83. The largest absolute Gasteiger partial charge is 0.460 e. The molecule has 2 rings (SSSR count). The minimum absolute atomic E-state index is 0.584. The minimum Gasteiger partial charge on any atom is -0.460 e. The lowest BCUT2D eigenvalue weighted by molar-refractivity contribution is 0.198. The van der Waals surface area contributed by atoms with Crippen LogP contribution < -0.4 is 5.32 Å². The number of benzene rings is 1. The summed E-state index contributed by atoms with van der Waals surface area (Å²) in [5.41, 5.74) is 0.842. The quantitative estimate of drug-likeness (QED) is 0.819. The van der Waals surface area contributed by atoms with E-state index in [2.05, 4.69) is 5.32 Å². The van der Waals surface area contributed by atoms with Crippen LogP contribution in [-0.2, 0) is 11.3 Å². The maximum atomic E-state index is 6.14. The SMILES string of the molecule is COCCNCc1ccc(-c2ccc(Cl)cc2Cl)o1. The van der Waals surface area contributed by atoms with Gasteiger partial charge in [0.25, 0.3) is 0 Å². The fourth-order valence-corrected chi connectivity index (χ4v) is 2.19. The third-order valence-electron chi connectivity index (χ3n) is 2.64. The van der Waals surface area contributed by atoms with E-state index >= 15 is 0 Å². The molecule has 1 N–H and O–H groups in total. The number of rotatable bonds is 6. The molecule has 0 radical (unpaired) electrons. The number of methoxy groups -OCH3 is 1. The summed E-state index contributed by atoms with van der Waals surface area (Å²) >= 11 is 12.0. The van der Waals surface area contributed by atoms with E-state index in [1.165, 1.54) is 0 Å². The maximum absolute atomic E-state index is 6.14. The number of nitrogens with one attached hydrogen (secondary N) is 1. The van der Waals surface area contributed by atoms with Crippen LogP contribution in [0.4, 0.5) is 0 Å². The van der Waals surface area contributed by atoms with Crippen molar-refractivity contribution >= 4 is 23.2 Å². The molecule has 0 aliphatic rings. The Morgan fingerprint density at radius 1 is 1.21 bits per heavy atom. The number of halogens is 2. The Bertz CT molecular complexity index is 540. The second-order valence-corrected chi connectivity index (χ2v) is 4.90. The van der Waals surface area contributed by atoms with E-state index in [4.69, 9.17) is 32.4 Å². The van der Waals surface area contributed by atoms with Crippen LogP contribution in [0.5, 0.6) is 0 Å². The first kappa shape index (κ1) is 14.4. The fraction of sp³-hybridized carbons (Fsp3) is 0.286. The van der Waals surface area contributed by atoms with Gasteiger partial charge in [-0.05, 0) is 30.3 Å². The van der Waals surface area contributed by atoms with Gasteiger partial charge < -0.3 is 14.5 Å². The predicted molar refractivity (Wildman–Crippen MR) is 77.7 cm³/mol. The summed E-state index contributed by atoms with van der Waals surface area (Å²) in [4.78, 5) is 0. The lowest BCUT2D eigenvalue weighted by Gasteiger charge is -2.03. The van der Waals surface area contributed by atoms with Crippen LogP contribution in [0, 0.1) is 0 Å². The predicted octanol–water partition coefficient (Wildman–Crippen LogP) is 3.99. The van der Waals surface area contributed by atoms with Crippen molar-refractivity contribution in [1.29, 1.82) is 0 Å². The van der Waals surface area contributed by atoms with Crippen LogP contribution >= 0.6 is 23.2 Å². The Labute approximate surface area is 122 Å². The first-order valence-electron chi connectivity index (χ1n) is 5.94. The van der Waals surface area contributed by atoms with E-state index in [1.807, 2.05) is 18.2 Å². The standard InChI is InChI=1S/C14H15Cl2NO2/c1-18-7-6-17-9-11-3-5-14(19-11)12-4-2-10(15)8-13(12)16/h2-5,8,17H,6-7,9H2,1H3. The highest BCUT2D eigenvalue weighted by molar-refractivity contribution is 6.36. The third kappa shape index (κ3) is 3.98. The van der Waals surface area contributed by atoms with Crippen molar-refractivity contribution in [1.82, 2.24) is 5.32 Å². The Hall–Kier alpha value is -1.00. The van der Waals surface area contributed by atoms with Gasteiger partial charge in [0, 0.05) is 24.2 Å². The Kier molecular flexibility index (Phi) is 5.28. The van der Waals surface area contributed by atoms with Gasteiger partial charge >= 0.3 is 0 Å². The molecule has 102 valence electrons. The molecule has 1 aromatic carbocycles. The van der Waals surface area contributed by atoms with E-state index in [9.17, 15) is 0 Å². The molecule has 0 spiro atoms. The second kappa shape index (κ2) is 6.96. The normalized spacial score (nSPS) is 10.9. The molecule has 0 bridgehead atoms. The Morgan fingerprint density at radius 2 is 2.05 bits per heavy atom. The number of hydrogen-bond donors (Lipinski definition) is 1. The van der Waals surface area contributed by atoms with E-state index in [0.717, 1.165) is 23.6 Å². The summed E-state index contributed by atoms with van der Waals surface area (Å²) < 4.78 is 10.7. The zero-order chi connectivity index (χ0) is 13.7. The van der Waals surface area contributed by atoms with Gasteiger partial charge in [0.1, 0.15) is 11.5 Å². The van der Waals surface area contributed by atoms with E-state index < -0.39 is 0 Å². The van der Waals surface area contributed by atoms with Gasteiger partial charge in [0.05, 0.1) is 18.2 Å². The van der Waals surface area contributed by atoms with Crippen molar-refractivity contribution in [2.45, 2.75) is 6.54 Å².